The highest BCUT2D eigenvalue weighted by molar-refractivity contribution is 6.07. The second-order valence-electron chi connectivity index (χ2n) is 12.2. The summed E-state index contributed by atoms with van der Waals surface area (Å²) >= 11 is 0. The molecule has 0 spiro atoms. The van der Waals surface area contributed by atoms with E-state index in [1.807, 2.05) is 85.1 Å². The van der Waals surface area contributed by atoms with E-state index in [0.29, 0.717) is 33.8 Å². The van der Waals surface area contributed by atoms with Gasteiger partial charge in [0.05, 0.1) is 5.69 Å². The van der Waals surface area contributed by atoms with Crippen molar-refractivity contribution in [1.82, 2.24) is 15.0 Å². The van der Waals surface area contributed by atoms with Crippen molar-refractivity contribution in [2.24, 2.45) is 0 Å². The Labute approximate surface area is 294 Å². The molecular formula is C45H30N4O2. The third-order valence-electron chi connectivity index (χ3n) is 9.03. The molecule has 0 aliphatic rings. The van der Waals surface area contributed by atoms with Gasteiger partial charge in [-0.3, -0.25) is 4.90 Å². The molecule has 0 atom stereocenters. The van der Waals surface area contributed by atoms with Crippen LogP contribution in [0, 0.1) is 0 Å². The molecule has 0 radical (unpaired) electrons. The molecule has 3 heterocycles. The van der Waals surface area contributed by atoms with Gasteiger partial charge >= 0.3 is 0 Å². The van der Waals surface area contributed by atoms with Crippen LogP contribution in [0.25, 0.3) is 67.0 Å². The van der Waals surface area contributed by atoms with Crippen molar-refractivity contribution < 1.29 is 9.52 Å². The van der Waals surface area contributed by atoms with Crippen molar-refractivity contribution in [2.45, 2.75) is 0 Å². The molecule has 0 aliphatic heterocycles. The number of phenolic OH excluding ortho intramolecular Hbond substituents is 1. The minimum atomic E-state index is 0.112. The van der Waals surface area contributed by atoms with Crippen LogP contribution in [0.4, 0.5) is 17.2 Å². The second kappa shape index (κ2) is 12.8. The number of rotatable bonds is 7. The Morgan fingerprint density at radius 1 is 0.529 bits per heavy atom. The third-order valence-corrected chi connectivity index (χ3v) is 9.03. The number of pyridine rings is 1. The first-order chi connectivity index (χ1) is 25.2. The number of hydrogen-bond acceptors (Lipinski definition) is 6. The summed E-state index contributed by atoms with van der Waals surface area (Å²) in [7, 11) is 0. The monoisotopic (exact) mass is 658 g/mol. The normalized spacial score (nSPS) is 11.2. The summed E-state index contributed by atoms with van der Waals surface area (Å²) in [5.41, 5.74) is 9.86. The molecule has 0 amide bonds. The molecule has 9 rings (SSSR count). The van der Waals surface area contributed by atoms with Crippen LogP contribution in [0.3, 0.4) is 0 Å². The average molecular weight is 659 g/mol. The zero-order valence-corrected chi connectivity index (χ0v) is 27.4. The summed E-state index contributed by atoms with van der Waals surface area (Å²) in [5.74, 6) is 1.38. The molecule has 0 fully saturated rings. The lowest BCUT2D eigenvalue weighted by Crippen LogP contribution is -2.13. The van der Waals surface area contributed by atoms with Crippen LogP contribution < -0.4 is 4.90 Å². The maximum atomic E-state index is 11.0. The molecule has 9 aromatic rings. The SMILES string of the molecule is Oc1ccccc1-c1nc(-c2cc(-c3ccccc3)cc(N(c3ccccn3)c3ccccc3-c3ccccc3)c2)nc2c1oc1ccccc12. The number of phenols is 1. The zero-order valence-electron chi connectivity index (χ0n) is 27.4. The van der Waals surface area contributed by atoms with Crippen LogP contribution in [0.15, 0.2) is 180 Å². The van der Waals surface area contributed by atoms with Crippen LogP contribution in [0.5, 0.6) is 5.75 Å². The van der Waals surface area contributed by atoms with Gasteiger partial charge in [0.2, 0.25) is 0 Å². The first-order valence-electron chi connectivity index (χ1n) is 16.8. The van der Waals surface area contributed by atoms with Gasteiger partial charge in [-0.1, -0.05) is 109 Å². The minimum Gasteiger partial charge on any atom is -0.507 e. The van der Waals surface area contributed by atoms with Gasteiger partial charge in [-0.2, -0.15) is 0 Å². The standard InChI is InChI=1S/C45H30N4O2/c50-39-23-11-8-20-36(39)42-44-43(37-21-9-12-24-40(37)51-44)48-45(47-42)33-27-32(30-15-3-1-4-16-30)28-34(29-33)49(41-25-13-14-26-46-41)38-22-10-7-19-35(38)31-17-5-2-6-18-31/h1-29,50H. The van der Waals surface area contributed by atoms with E-state index in [4.69, 9.17) is 19.4 Å². The van der Waals surface area contributed by atoms with E-state index in [0.717, 1.165) is 50.4 Å². The number of furan rings is 1. The molecule has 0 bridgehead atoms. The fraction of sp³-hybridized carbons (Fsp3) is 0. The van der Waals surface area contributed by atoms with Gasteiger partial charge in [-0.15, -0.1) is 0 Å². The van der Waals surface area contributed by atoms with Gasteiger partial charge in [0.1, 0.15) is 28.4 Å². The summed E-state index contributed by atoms with van der Waals surface area (Å²) in [6.07, 6.45) is 1.81. The number of benzene rings is 6. The minimum absolute atomic E-state index is 0.112. The van der Waals surface area contributed by atoms with E-state index in [2.05, 4.69) is 83.8 Å². The number of aromatic nitrogens is 3. The molecule has 1 N–H and O–H groups in total. The zero-order chi connectivity index (χ0) is 34.1. The smallest absolute Gasteiger partial charge is 0.180 e. The third kappa shape index (κ3) is 5.55. The summed E-state index contributed by atoms with van der Waals surface area (Å²) < 4.78 is 6.36. The highest BCUT2D eigenvalue weighted by Gasteiger charge is 2.23. The molecule has 242 valence electrons. The number of fused-ring (bicyclic) bond motifs is 3. The van der Waals surface area contributed by atoms with Crippen LogP contribution >= 0.6 is 0 Å². The van der Waals surface area contributed by atoms with E-state index < -0.39 is 0 Å². The summed E-state index contributed by atoms with van der Waals surface area (Å²) in [6, 6.07) is 56.5. The molecule has 51 heavy (non-hydrogen) atoms. The molecule has 3 aromatic heterocycles. The fourth-order valence-corrected chi connectivity index (χ4v) is 6.65. The summed E-state index contributed by atoms with van der Waals surface area (Å²) in [5, 5.41) is 11.9. The van der Waals surface area contributed by atoms with Crippen molar-refractivity contribution >= 4 is 39.3 Å². The highest BCUT2D eigenvalue weighted by atomic mass is 16.3. The van der Waals surface area contributed by atoms with E-state index >= 15 is 0 Å². The molecular weight excluding hydrogens is 629 g/mol. The van der Waals surface area contributed by atoms with Crippen molar-refractivity contribution in [2.75, 3.05) is 4.90 Å². The maximum absolute atomic E-state index is 11.0. The summed E-state index contributed by atoms with van der Waals surface area (Å²) in [4.78, 5) is 17.4. The lowest BCUT2D eigenvalue weighted by molar-refractivity contribution is 0.477. The average Bonchev–Trinajstić information content (AvgIpc) is 3.58. The number of para-hydroxylation sites is 3. The Bertz CT molecular complexity index is 2660. The van der Waals surface area contributed by atoms with E-state index in [1.165, 1.54) is 0 Å². The fourth-order valence-electron chi connectivity index (χ4n) is 6.65. The molecule has 6 nitrogen and oxygen atoms in total. The molecule has 0 saturated heterocycles. The summed E-state index contributed by atoms with van der Waals surface area (Å²) in [6.45, 7) is 0. The number of anilines is 3. The van der Waals surface area contributed by atoms with Gasteiger partial charge in [-0.05, 0) is 77.4 Å². The van der Waals surface area contributed by atoms with Crippen molar-refractivity contribution in [3.8, 4) is 50.6 Å². The van der Waals surface area contributed by atoms with Gasteiger partial charge in [-0.25, -0.2) is 15.0 Å². The van der Waals surface area contributed by atoms with Crippen LogP contribution in [0.2, 0.25) is 0 Å². The van der Waals surface area contributed by atoms with E-state index in [1.54, 1.807) is 12.1 Å². The predicted molar refractivity (Wildman–Crippen MR) is 205 cm³/mol. The number of aromatic hydroxyl groups is 1. The number of hydrogen-bond donors (Lipinski definition) is 1. The largest absolute Gasteiger partial charge is 0.507 e. The van der Waals surface area contributed by atoms with Gasteiger partial charge in [0.15, 0.2) is 11.4 Å². The lowest BCUT2D eigenvalue weighted by Gasteiger charge is -2.27. The van der Waals surface area contributed by atoms with Gasteiger partial charge in [0, 0.05) is 34.0 Å². The lowest BCUT2D eigenvalue weighted by atomic mass is 9.99. The van der Waals surface area contributed by atoms with E-state index in [9.17, 15) is 5.11 Å². The molecule has 6 aromatic carbocycles. The first-order valence-corrected chi connectivity index (χ1v) is 16.8. The Hall–Kier alpha value is -7.05. The van der Waals surface area contributed by atoms with Crippen LogP contribution in [0.1, 0.15) is 0 Å². The quantitative estimate of drug-likeness (QED) is 0.184. The Balaban J connectivity index is 1.34. The van der Waals surface area contributed by atoms with Gasteiger partial charge in [0.25, 0.3) is 0 Å². The van der Waals surface area contributed by atoms with Crippen LogP contribution in [-0.4, -0.2) is 20.1 Å². The number of nitrogens with zero attached hydrogens (tertiary/aromatic N) is 4. The second-order valence-corrected chi connectivity index (χ2v) is 12.2. The molecule has 0 unspecified atom stereocenters. The molecule has 0 saturated carbocycles. The Kier molecular flexibility index (Phi) is 7.52. The van der Waals surface area contributed by atoms with Crippen molar-refractivity contribution in [1.29, 1.82) is 0 Å². The maximum Gasteiger partial charge on any atom is 0.180 e. The highest BCUT2D eigenvalue weighted by Crippen LogP contribution is 2.44. The van der Waals surface area contributed by atoms with E-state index in [-0.39, 0.29) is 5.75 Å². The predicted octanol–water partition coefficient (Wildman–Crippen LogP) is 11.6. The van der Waals surface area contributed by atoms with Crippen molar-refractivity contribution in [3.05, 3.63) is 176 Å². The molecule has 6 heteroatoms. The van der Waals surface area contributed by atoms with Gasteiger partial charge < -0.3 is 9.52 Å². The first kappa shape index (κ1) is 30.0. The van der Waals surface area contributed by atoms with Crippen molar-refractivity contribution in [3.63, 3.8) is 0 Å². The molecule has 0 aliphatic carbocycles. The Morgan fingerprint density at radius 3 is 1.98 bits per heavy atom. The van der Waals surface area contributed by atoms with Crippen LogP contribution in [-0.2, 0) is 0 Å². The topological polar surface area (TPSA) is 75.3 Å². The Morgan fingerprint density at radius 2 is 1.20 bits per heavy atom.